The zero-order valence-corrected chi connectivity index (χ0v) is 10.4. The van der Waals surface area contributed by atoms with Gasteiger partial charge in [-0.2, -0.15) is 11.3 Å². The van der Waals surface area contributed by atoms with Crippen molar-refractivity contribution in [1.82, 2.24) is 0 Å². The Morgan fingerprint density at radius 3 is 3.08 bits per heavy atom. The summed E-state index contributed by atoms with van der Waals surface area (Å²) in [6.07, 6.45) is 2.24. The number of hydrogen-bond acceptors (Lipinski definition) is 2. The molecule has 3 heteroatoms. The normalized spacial score (nSPS) is 12.6. The number of fused-ring (bicyclic) bond motifs is 1. The molecule has 68 valence electrons. The lowest BCUT2D eigenvalue weighted by molar-refractivity contribution is 1.46. The summed E-state index contributed by atoms with van der Waals surface area (Å²) >= 11 is 7.08. The molecular formula is C10H9BrS2. The van der Waals surface area contributed by atoms with E-state index < -0.39 is 0 Å². The van der Waals surface area contributed by atoms with Crippen LogP contribution in [0.2, 0.25) is 0 Å². The second-order valence-electron chi connectivity index (χ2n) is 2.96. The van der Waals surface area contributed by atoms with E-state index in [0.29, 0.717) is 0 Å². The van der Waals surface area contributed by atoms with Crippen LogP contribution in [0.15, 0.2) is 22.4 Å². The lowest BCUT2D eigenvalue weighted by Crippen LogP contribution is -1.72. The van der Waals surface area contributed by atoms with Crippen LogP contribution in [0.3, 0.4) is 0 Å². The summed E-state index contributed by atoms with van der Waals surface area (Å²) in [4.78, 5) is 1.36. The average molecular weight is 273 g/mol. The predicted molar refractivity (Wildman–Crippen MR) is 67.1 cm³/mol. The summed E-state index contributed by atoms with van der Waals surface area (Å²) in [6, 6.07) is 2.25. The van der Waals surface area contributed by atoms with E-state index >= 15 is 0 Å². The van der Waals surface area contributed by atoms with Gasteiger partial charge in [-0.25, -0.2) is 0 Å². The van der Waals surface area contributed by atoms with E-state index in [2.05, 4.69) is 45.8 Å². The zero-order valence-electron chi connectivity index (χ0n) is 7.21. The van der Waals surface area contributed by atoms with E-state index in [1.165, 1.54) is 20.5 Å². The van der Waals surface area contributed by atoms with Crippen LogP contribution in [0.4, 0.5) is 0 Å². The summed E-state index contributed by atoms with van der Waals surface area (Å²) < 4.78 is 1.40. The Morgan fingerprint density at radius 2 is 2.38 bits per heavy atom. The van der Waals surface area contributed by atoms with Crippen LogP contribution in [0.1, 0.15) is 11.8 Å². The van der Waals surface area contributed by atoms with Crippen LogP contribution in [-0.4, -0.2) is 5.33 Å². The van der Waals surface area contributed by atoms with E-state index in [1.54, 1.807) is 11.3 Å². The Bertz CT molecular complexity index is 408. The first-order chi connectivity index (χ1) is 6.29. The number of halogens is 1. The minimum atomic E-state index is 0.956. The van der Waals surface area contributed by atoms with Crippen molar-refractivity contribution < 1.29 is 0 Å². The number of rotatable bonds is 2. The molecule has 0 aliphatic carbocycles. The fourth-order valence-corrected chi connectivity index (χ4v) is 3.35. The highest BCUT2D eigenvalue weighted by Gasteiger charge is 1.99. The van der Waals surface area contributed by atoms with Crippen molar-refractivity contribution in [3.05, 3.63) is 27.3 Å². The molecule has 0 atom stereocenters. The number of allylic oxidation sites excluding steroid dienone is 1. The molecule has 0 bridgehead atoms. The molecule has 0 N–H and O–H groups in total. The van der Waals surface area contributed by atoms with Gasteiger partial charge in [-0.1, -0.05) is 21.5 Å². The molecule has 0 radical (unpaired) electrons. The first kappa shape index (κ1) is 9.44. The molecule has 2 aromatic rings. The second-order valence-corrected chi connectivity index (χ2v) is 5.38. The van der Waals surface area contributed by atoms with Crippen molar-refractivity contribution in [2.45, 2.75) is 6.92 Å². The minimum Gasteiger partial charge on any atom is -0.150 e. The molecule has 0 aromatic carbocycles. The van der Waals surface area contributed by atoms with Gasteiger partial charge in [-0.3, -0.25) is 0 Å². The third-order valence-corrected chi connectivity index (χ3v) is 4.62. The van der Waals surface area contributed by atoms with Gasteiger partial charge in [0.05, 0.1) is 0 Å². The van der Waals surface area contributed by atoms with E-state index in [1.807, 2.05) is 11.3 Å². The highest BCUT2D eigenvalue weighted by molar-refractivity contribution is 9.09. The molecule has 0 aliphatic rings. The maximum Gasteiger partial charge on any atom is 0.0456 e. The highest BCUT2D eigenvalue weighted by Crippen LogP contribution is 2.30. The average Bonchev–Trinajstić information content (AvgIpc) is 2.63. The lowest BCUT2D eigenvalue weighted by atomic mass is 10.3. The Hall–Kier alpha value is -0.120. The van der Waals surface area contributed by atoms with Crippen molar-refractivity contribution >= 4 is 54.8 Å². The summed E-state index contributed by atoms with van der Waals surface area (Å²) in [5.74, 6) is 0. The Balaban J connectivity index is 2.40. The van der Waals surface area contributed by atoms with Crippen LogP contribution >= 0.6 is 38.6 Å². The fourth-order valence-electron chi connectivity index (χ4n) is 1.15. The Labute approximate surface area is 94.0 Å². The highest BCUT2D eigenvalue weighted by atomic mass is 79.9. The summed E-state index contributed by atoms with van der Waals surface area (Å²) in [6.45, 7) is 2.14. The van der Waals surface area contributed by atoms with Gasteiger partial charge in [0.15, 0.2) is 0 Å². The number of alkyl halides is 1. The van der Waals surface area contributed by atoms with Gasteiger partial charge in [0.2, 0.25) is 0 Å². The fraction of sp³-hybridized carbons (Fsp3) is 0.200. The van der Waals surface area contributed by atoms with Gasteiger partial charge in [0, 0.05) is 25.7 Å². The van der Waals surface area contributed by atoms with E-state index in [0.717, 1.165) is 5.33 Å². The third-order valence-electron chi connectivity index (χ3n) is 1.78. The van der Waals surface area contributed by atoms with Gasteiger partial charge < -0.3 is 0 Å². The summed E-state index contributed by atoms with van der Waals surface area (Å²) in [5, 5.41) is 6.74. The van der Waals surface area contributed by atoms with E-state index in [4.69, 9.17) is 0 Å². The Morgan fingerprint density at radius 1 is 1.54 bits per heavy atom. The maximum atomic E-state index is 3.45. The SMILES string of the molecule is C/C(=C/c1cc2cscc2s1)CBr. The molecule has 0 unspecified atom stereocenters. The molecule has 0 aliphatic heterocycles. The van der Waals surface area contributed by atoms with Gasteiger partial charge in [-0.05, 0) is 24.4 Å². The number of hydrogen-bond donors (Lipinski definition) is 0. The van der Waals surface area contributed by atoms with Crippen LogP contribution in [-0.2, 0) is 0 Å². The molecule has 0 saturated heterocycles. The summed E-state index contributed by atoms with van der Waals surface area (Å²) in [5.41, 5.74) is 1.37. The molecule has 2 heterocycles. The molecule has 0 amide bonds. The lowest BCUT2D eigenvalue weighted by Gasteiger charge is -1.90. The first-order valence-electron chi connectivity index (χ1n) is 3.98. The third kappa shape index (κ3) is 2.03. The molecule has 0 fully saturated rings. The van der Waals surface area contributed by atoms with Crippen LogP contribution in [0.25, 0.3) is 16.2 Å². The van der Waals surface area contributed by atoms with Crippen molar-refractivity contribution in [2.75, 3.05) is 5.33 Å². The van der Waals surface area contributed by atoms with Gasteiger partial charge in [0.25, 0.3) is 0 Å². The topological polar surface area (TPSA) is 0 Å². The van der Waals surface area contributed by atoms with Crippen molar-refractivity contribution in [3.63, 3.8) is 0 Å². The second kappa shape index (κ2) is 3.95. The predicted octanol–water partition coefficient (Wildman–Crippen LogP) is 4.76. The zero-order chi connectivity index (χ0) is 9.26. The largest absolute Gasteiger partial charge is 0.150 e. The first-order valence-corrected chi connectivity index (χ1v) is 6.86. The van der Waals surface area contributed by atoms with Crippen molar-refractivity contribution in [3.8, 4) is 0 Å². The molecular weight excluding hydrogens is 264 g/mol. The Kier molecular flexibility index (Phi) is 2.86. The van der Waals surface area contributed by atoms with Gasteiger partial charge in [0.1, 0.15) is 0 Å². The molecule has 0 saturated carbocycles. The van der Waals surface area contributed by atoms with E-state index in [9.17, 15) is 0 Å². The molecule has 0 nitrogen and oxygen atoms in total. The van der Waals surface area contributed by atoms with Crippen LogP contribution < -0.4 is 0 Å². The maximum absolute atomic E-state index is 3.45. The van der Waals surface area contributed by atoms with Gasteiger partial charge in [-0.15, -0.1) is 11.3 Å². The standard InChI is InChI=1S/C10H9BrS2/c1-7(4-11)2-9-3-8-5-12-6-10(8)13-9/h2-3,5-6H,4H2,1H3/b7-2-. The van der Waals surface area contributed by atoms with Crippen LogP contribution in [0, 0.1) is 0 Å². The van der Waals surface area contributed by atoms with Crippen molar-refractivity contribution in [2.24, 2.45) is 0 Å². The van der Waals surface area contributed by atoms with Crippen molar-refractivity contribution in [1.29, 1.82) is 0 Å². The van der Waals surface area contributed by atoms with Crippen LogP contribution in [0.5, 0.6) is 0 Å². The monoisotopic (exact) mass is 272 g/mol. The smallest absolute Gasteiger partial charge is 0.0456 e. The number of thiophene rings is 2. The molecule has 2 rings (SSSR count). The molecule has 0 spiro atoms. The van der Waals surface area contributed by atoms with E-state index in [-0.39, 0.29) is 0 Å². The molecule has 13 heavy (non-hydrogen) atoms. The minimum absolute atomic E-state index is 0.956. The summed E-state index contributed by atoms with van der Waals surface area (Å²) in [7, 11) is 0. The quantitative estimate of drug-likeness (QED) is 0.692. The molecule has 2 aromatic heterocycles. The van der Waals surface area contributed by atoms with Gasteiger partial charge >= 0.3 is 0 Å².